The zero-order chi connectivity index (χ0) is 17.6. The number of anilines is 3. The fraction of sp³-hybridized carbons (Fsp3) is 0.421. The van der Waals surface area contributed by atoms with Gasteiger partial charge in [-0.25, -0.2) is 4.99 Å². The summed E-state index contributed by atoms with van der Waals surface area (Å²) in [4.78, 5) is 7.15. The number of rotatable bonds is 3. The molecule has 1 aromatic carbocycles. The van der Waals surface area contributed by atoms with Crippen LogP contribution in [0, 0.1) is 5.92 Å². The highest BCUT2D eigenvalue weighted by Gasteiger charge is 2.49. The SMILES string of the molecule is NC1(C2CC2)N=C(Nc2ccc(N3CCNCC3)cc2)Nc2ccoc21. The fourth-order valence-corrected chi connectivity index (χ4v) is 3.78. The molecular weight excluding hydrogens is 328 g/mol. The lowest BCUT2D eigenvalue weighted by Gasteiger charge is -2.30. The van der Waals surface area contributed by atoms with Crippen LogP contribution in [0.15, 0.2) is 46.0 Å². The molecular formula is C19H24N6O. The Morgan fingerprint density at radius 2 is 1.92 bits per heavy atom. The standard InChI is InChI=1S/C19H24N6O/c20-19(13-1-2-13)17-16(7-12-26-17)23-18(24-19)22-14-3-5-15(6-4-14)25-10-8-21-9-11-25/h3-7,12-13,21H,1-2,8-11,20H2,(H2,22,23,24). The van der Waals surface area contributed by atoms with Crippen LogP contribution in [0.2, 0.25) is 0 Å². The predicted molar refractivity (Wildman–Crippen MR) is 104 cm³/mol. The minimum Gasteiger partial charge on any atom is -0.463 e. The van der Waals surface area contributed by atoms with E-state index in [9.17, 15) is 0 Å². The van der Waals surface area contributed by atoms with Crippen LogP contribution in [0.25, 0.3) is 0 Å². The van der Waals surface area contributed by atoms with Gasteiger partial charge in [0.25, 0.3) is 0 Å². The molecule has 1 atom stereocenters. The fourth-order valence-electron chi connectivity index (χ4n) is 3.78. The lowest BCUT2D eigenvalue weighted by molar-refractivity contribution is 0.315. The van der Waals surface area contributed by atoms with Crippen LogP contribution >= 0.6 is 0 Å². The maximum atomic E-state index is 6.61. The van der Waals surface area contributed by atoms with Gasteiger partial charge in [0, 0.05) is 49.5 Å². The Morgan fingerprint density at radius 3 is 2.65 bits per heavy atom. The van der Waals surface area contributed by atoms with Crippen LogP contribution in [0.3, 0.4) is 0 Å². The molecule has 0 amide bonds. The summed E-state index contributed by atoms with van der Waals surface area (Å²) in [7, 11) is 0. The Labute approximate surface area is 152 Å². The van der Waals surface area contributed by atoms with Gasteiger partial charge in [-0.3, -0.25) is 0 Å². The van der Waals surface area contributed by atoms with E-state index in [1.54, 1.807) is 6.26 Å². The van der Waals surface area contributed by atoms with Crippen molar-refractivity contribution in [2.45, 2.75) is 18.5 Å². The molecule has 26 heavy (non-hydrogen) atoms. The normalized spacial score (nSPS) is 25.3. The highest BCUT2D eigenvalue weighted by atomic mass is 16.3. The van der Waals surface area contributed by atoms with Gasteiger partial charge in [-0.2, -0.15) is 0 Å². The number of fused-ring (bicyclic) bond motifs is 1. The monoisotopic (exact) mass is 352 g/mol. The number of guanidine groups is 1. The number of piperazine rings is 1. The lowest BCUT2D eigenvalue weighted by atomic mass is 10.0. The molecule has 3 heterocycles. The van der Waals surface area contributed by atoms with E-state index in [0.717, 1.165) is 56.2 Å². The van der Waals surface area contributed by atoms with Crippen LogP contribution in [0.5, 0.6) is 0 Å². The van der Waals surface area contributed by atoms with Crippen LogP contribution in [-0.4, -0.2) is 32.1 Å². The summed E-state index contributed by atoms with van der Waals surface area (Å²) in [5, 5.41) is 10.0. The first-order valence-corrected chi connectivity index (χ1v) is 9.29. The van der Waals surface area contributed by atoms with Crippen molar-refractivity contribution in [3.63, 3.8) is 0 Å². The number of nitrogens with zero attached hydrogens (tertiary/aromatic N) is 2. The Bertz CT molecular complexity index is 819. The molecule has 0 bridgehead atoms. The van der Waals surface area contributed by atoms with E-state index in [0.29, 0.717) is 11.9 Å². The third kappa shape index (κ3) is 2.73. The number of nitrogens with one attached hydrogen (secondary N) is 3. The van der Waals surface area contributed by atoms with Gasteiger partial charge in [0.1, 0.15) is 0 Å². The molecule has 1 saturated carbocycles. The zero-order valence-corrected chi connectivity index (χ0v) is 14.7. The number of nitrogens with two attached hydrogens (primary N) is 1. The second kappa shape index (κ2) is 6.03. The summed E-state index contributed by atoms with van der Waals surface area (Å²) in [5.74, 6) is 1.75. The van der Waals surface area contributed by atoms with Crippen molar-refractivity contribution in [1.82, 2.24) is 5.32 Å². The van der Waals surface area contributed by atoms with Crippen LogP contribution in [-0.2, 0) is 5.66 Å². The van der Waals surface area contributed by atoms with Crippen molar-refractivity contribution in [2.24, 2.45) is 16.6 Å². The van der Waals surface area contributed by atoms with Gasteiger partial charge in [0.2, 0.25) is 5.96 Å². The van der Waals surface area contributed by atoms with E-state index >= 15 is 0 Å². The first kappa shape index (κ1) is 15.7. The van der Waals surface area contributed by atoms with Crippen LogP contribution in [0.1, 0.15) is 18.6 Å². The largest absolute Gasteiger partial charge is 0.463 e. The molecule has 5 N–H and O–H groups in total. The second-order valence-electron chi connectivity index (χ2n) is 7.26. The molecule has 1 unspecified atom stereocenters. The molecule has 7 heteroatoms. The molecule has 1 aliphatic carbocycles. The highest BCUT2D eigenvalue weighted by molar-refractivity contribution is 6.05. The Hall–Kier alpha value is -2.51. The van der Waals surface area contributed by atoms with E-state index < -0.39 is 5.66 Å². The number of hydrogen-bond donors (Lipinski definition) is 4. The number of benzene rings is 1. The van der Waals surface area contributed by atoms with Crippen molar-refractivity contribution in [3.05, 3.63) is 42.4 Å². The molecule has 0 radical (unpaired) electrons. The van der Waals surface area contributed by atoms with Gasteiger partial charge in [-0.05, 0) is 37.1 Å². The minimum atomic E-state index is -0.771. The predicted octanol–water partition coefficient (Wildman–Crippen LogP) is 2.10. The molecule has 2 aromatic rings. The Morgan fingerprint density at radius 1 is 1.15 bits per heavy atom. The van der Waals surface area contributed by atoms with E-state index in [1.165, 1.54) is 5.69 Å². The third-order valence-electron chi connectivity index (χ3n) is 5.39. The molecule has 5 rings (SSSR count). The Balaban J connectivity index is 1.35. The van der Waals surface area contributed by atoms with Crippen molar-refractivity contribution in [3.8, 4) is 0 Å². The van der Waals surface area contributed by atoms with E-state index in [2.05, 4.69) is 45.1 Å². The first-order chi connectivity index (χ1) is 12.7. The van der Waals surface area contributed by atoms with Crippen molar-refractivity contribution < 1.29 is 4.42 Å². The molecule has 2 aliphatic heterocycles. The van der Waals surface area contributed by atoms with Crippen LogP contribution in [0.4, 0.5) is 17.1 Å². The van der Waals surface area contributed by atoms with Gasteiger partial charge >= 0.3 is 0 Å². The Kier molecular flexibility index (Phi) is 3.65. The van der Waals surface area contributed by atoms with Crippen molar-refractivity contribution in [1.29, 1.82) is 0 Å². The second-order valence-corrected chi connectivity index (χ2v) is 7.26. The van der Waals surface area contributed by atoms with Crippen molar-refractivity contribution in [2.75, 3.05) is 41.7 Å². The smallest absolute Gasteiger partial charge is 0.202 e. The summed E-state index contributed by atoms with van der Waals surface area (Å²) < 4.78 is 5.62. The minimum absolute atomic E-state index is 0.349. The summed E-state index contributed by atoms with van der Waals surface area (Å²) in [6.45, 7) is 4.16. The molecule has 2 fully saturated rings. The summed E-state index contributed by atoms with van der Waals surface area (Å²) >= 11 is 0. The summed E-state index contributed by atoms with van der Waals surface area (Å²) in [5.41, 5.74) is 8.97. The van der Waals surface area contributed by atoms with E-state index in [1.807, 2.05) is 6.07 Å². The van der Waals surface area contributed by atoms with Crippen molar-refractivity contribution >= 4 is 23.0 Å². The number of aliphatic imine (C=N–C) groups is 1. The van der Waals surface area contributed by atoms with Crippen LogP contribution < -0.4 is 26.6 Å². The van der Waals surface area contributed by atoms with Gasteiger partial charge in [0.05, 0.1) is 12.0 Å². The average Bonchev–Trinajstić information content (AvgIpc) is 3.42. The summed E-state index contributed by atoms with van der Waals surface area (Å²) in [6.07, 6.45) is 3.85. The molecule has 3 aliphatic rings. The summed E-state index contributed by atoms with van der Waals surface area (Å²) in [6, 6.07) is 10.4. The van der Waals surface area contributed by atoms with E-state index in [-0.39, 0.29) is 0 Å². The molecule has 136 valence electrons. The quantitative estimate of drug-likeness (QED) is 0.676. The lowest BCUT2D eigenvalue weighted by Crippen LogP contribution is -2.44. The van der Waals surface area contributed by atoms with Gasteiger partial charge in [-0.15, -0.1) is 0 Å². The number of hydrogen-bond acceptors (Lipinski definition) is 7. The molecule has 0 spiro atoms. The highest BCUT2D eigenvalue weighted by Crippen LogP contribution is 2.48. The molecule has 1 aromatic heterocycles. The third-order valence-corrected chi connectivity index (χ3v) is 5.39. The van der Waals surface area contributed by atoms with Gasteiger partial charge in [0.15, 0.2) is 11.4 Å². The first-order valence-electron chi connectivity index (χ1n) is 9.29. The number of furan rings is 1. The van der Waals surface area contributed by atoms with Gasteiger partial charge in [-0.1, -0.05) is 0 Å². The maximum Gasteiger partial charge on any atom is 0.202 e. The van der Waals surface area contributed by atoms with E-state index in [4.69, 9.17) is 15.1 Å². The average molecular weight is 352 g/mol. The zero-order valence-electron chi connectivity index (χ0n) is 14.7. The molecule has 7 nitrogen and oxygen atoms in total. The maximum absolute atomic E-state index is 6.61. The topological polar surface area (TPSA) is 90.8 Å². The van der Waals surface area contributed by atoms with Gasteiger partial charge < -0.3 is 31.0 Å². The molecule has 1 saturated heterocycles.